The summed E-state index contributed by atoms with van der Waals surface area (Å²) < 4.78 is 1.85. The van der Waals surface area contributed by atoms with E-state index >= 15 is 0 Å². The Hall–Kier alpha value is -1.62. The Morgan fingerprint density at radius 2 is 2.05 bits per heavy atom. The van der Waals surface area contributed by atoms with E-state index in [1.807, 2.05) is 18.5 Å². The number of nitrogens with one attached hydrogen (secondary N) is 1. The lowest BCUT2D eigenvalue weighted by Gasteiger charge is -2.06. The summed E-state index contributed by atoms with van der Waals surface area (Å²) in [6.07, 6.45) is 4.58. The van der Waals surface area contributed by atoms with Crippen LogP contribution in [0.15, 0.2) is 12.4 Å². The Bertz CT molecular complexity index is 547. The molecule has 2 rings (SSSR count). The number of rotatable bonds is 5. The number of halogens is 1. The molecule has 19 heavy (non-hydrogen) atoms. The molecule has 0 aromatic carbocycles. The number of nitrogens with zero attached hydrogens (tertiary/aromatic N) is 4. The molecular weight excluding hydrogens is 262 g/mol. The van der Waals surface area contributed by atoms with Gasteiger partial charge in [-0.25, -0.2) is 4.98 Å². The van der Waals surface area contributed by atoms with Crippen LogP contribution in [-0.4, -0.2) is 26.3 Å². The summed E-state index contributed by atoms with van der Waals surface area (Å²) in [6.45, 7) is 7.45. The average Bonchev–Trinajstić information content (AvgIpc) is 2.66. The van der Waals surface area contributed by atoms with Gasteiger partial charge in [-0.2, -0.15) is 5.10 Å². The van der Waals surface area contributed by atoms with E-state index in [4.69, 9.17) is 11.6 Å². The van der Waals surface area contributed by atoms with Crippen LogP contribution in [0.4, 0.5) is 5.82 Å². The molecule has 0 saturated heterocycles. The molecule has 102 valence electrons. The molecule has 0 aliphatic heterocycles. The maximum absolute atomic E-state index is 6.12. The van der Waals surface area contributed by atoms with Crippen LogP contribution in [0.3, 0.4) is 0 Å². The number of aromatic nitrogens is 4. The number of aryl methyl sites for hydroxylation is 1. The van der Waals surface area contributed by atoms with Crippen molar-refractivity contribution in [2.24, 2.45) is 0 Å². The SMILES string of the molecule is CCCNc1cnc(Cn2nc(C)c(Cl)c2C)cn1. The zero-order chi connectivity index (χ0) is 13.8. The predicted molar refractivity (Wildman–Crippen MR) is 76.6 cm³/mol. The fourth-order valence-electron chi connectivity index (χ4n) is 1.76. The first-order chi connectivity index (χ1) is 9.11. The van der Waals surface area contributed by atoms with Gasteiger partial charge >= 0.3 is 0 Å². The van der Waals surface area contributed by atoms with Gasteiger partial charge in [-0.1, -0.05) is 18.5 Å². The lowest BCUT2D eigenvalue weighted by molar-refractivity contribution is 0.644. The van der Waals surface area contributed by atoms with E-state index in [2.05, 4.69) is 27.3 Å². The van der Waals surface area contributed by atoms with E-state index in [1.165, 1.54) is 0 Å². The highest BCUT2D eigenvalue weighted by atomic mass is 35.5. The number of hydrogen-bond donors (Lipinski definition) is 1. The van der Waals surface area contributed by atoms with Gasteiger partial charge in [0.25, 0.3) is 0 Å². The Balaban J connectivity index is 2.08. The van der Waals surface area contributed by atoms with Crippen molar-refractivity contribution in [3.05, 3.63) is 34.5 Å². The molecule has 0 aliphatic carbocycles. The molecule has 6 heteroatoms. The van der Waals surface area contributed by atoms with Gasteiger partial charge in [0.15, 0.2) is 0 Å². The molecule has 2 aromatic rings. The first kappa shape index (κ1) is 13.8. The molecule has 0 amide bonds. The smallest absolute Gasteiger partial charge is 0.144 e. The van der Waals surface area contributed by atoms with Crippen molar-refractivity contribution in [3.63, 3.8) is 0 Å². The minimum atomic E-state index is 0.584. The van der Waals surface area contributed by atoms with E-state index in [0.29, 0.717) is 11.6 Å². The third-order valence-electron chi connectivity index (χ3n) is 2.87. The Morgan fingerprint density at radius 1 is 1.26 bits per heavy atom. The van der Waals surface area contributed by atoms with E-state index < -0.39 is 0 Å². The van der Waals surface area contributed by atoms with Crippen molar-refractivity contribution in [2.45, 2.75) is 33.7 Å². The standard InChI is InChI=1S/C13H18ClN5/c1-4-5-15-12-7-16-11(6-17-12)8-19-10(3)13(14)9(2)18-19/h6-7H,4-5,8H2,1-3H3,(H,15,17). The van der Waals surface area contributed by atoms with Crippen LogP contribution in [0.2, 0.25) is 5.02 Å². The molecule has 0 unspecified atom stereocenters. The first-order valence-corrected chi connectivity index (χ1v) is 6.74. The molecule has 0 fully saturated rings. The lowest BCUT2D eigenvalue weighted by atomic mass is 10.4. The fraction of sp³-hybridized carbons (Fsp3) is 0.462. The molecule has 2 heterocycles. The van der Waals surface area contributed by atoms with Crippen molar-refractivity contribution in [2.75, 3.05) is 11.9 Å². The molecule has 1 N–H and O–H groups in total. The summed E-state index contributed by atoms with van der Waals surface area (Å²) in [6, 6.07) is 0. The van der Waals surface area contributed by atoms with Gasteiger partial charge in [-0.3, -0.25) is 9.67 Å². The summed E-state index contributed by atoms with van der Waals surface area (Å²) in [5.41, 5.74) is 2.66. The van der Waals surface area contributed by atoms with Crippen molar-refractivity contribution in [1.82, 2.24) is 19.7 Å². The van der Waals surface area contributed by atoms with Crippen LogP contribution < -0.4 is 5.32 Å². The fourth-order valence-corrected chi connectivity index (χ4v) is 1.90. The molecule has 0 bridgehead atoms. The topological polar surface area (TPSA) is 55.6 Å². The quantitative estimate of drug-likeness (QED) is 0.914. The predicted octanol–water partition coefficient (Wildman–Crippen LogP) is 2.81. The van der Waals surface area contributed by atoms with Crippen molar-refractivity contribution >= 4 is 17.4 Å². The molecule has 0 atom stereocenters. The van der Waals surface area contributed by atoms with Gasteiger partial charge in [0.05, 0.1) is 41.0 Å². The van der Waals surface area contributed by atoms with Gasteiger partial charge in [0, 0.05) is 6.54 Å². The Labute approximate surface area is 118 Å². The maximum atomic E-state index is 6.12. The summed E-state index contributed by atoms with van der Waals surface area (Å²) in [5.74, 6) is 0.803. The average molecular weight is 280 g/mol. The van der Waals surface area contributed by atoms with Crippen molar-refractivity contribution in [3.8, 4) is 0 Å². The molecule has 0 aliphatic rings. The zero-order valence-electron chi connectivity index (χ0n) is 11.4. The summed E-state index contributed by atoms with van der Waals surface area (Å²) in [7, 11) is 0. The van der Waals surface area contributed by atoms with E-state index in [1.54, 1.807) is 12.4 Å². The molecule has 0 radical (unpaired) electrons. The molecule has 0 spiro atoms. The van der Waals surface area contributed by atoms with Crippen LogP contribution in [0, 0.1) is 13.8 Å². The van der Waals surface area contributed by atoms with E-state index in [0.717, 1.165) is 35.9 Å². The zero-order valence-corrected chi connectivity index (χ0v) is 12.2. The monoisotopic (exact) mass is 279 g/mol. The van der Waals surface area contributed by atoms with Gasteiger partial charge in [0.2, 0.25) is 0 Å². The number of anilines is 1. The van der Waals surface area contributed by atoms with E-state index in [9.17, 15) is 0 Å². The second-order valence-corrected chi connectivity index (χ2v) is 4.84. The molecule has 0 saturated carbocycles. The van der Waals surface area contributed by atoms with Crippen LogP contribution >= 0.6 is 11.6 Å². The second-order valence-electron chi connectivity index (χ2n) is 4.46. The second kappa shape index (κ2) is 6.02. The van der Waals surface area contributed by atoms with Gasteiger partial charge in [-0.05, 0) is 20.3 Å². The van der Waals surface area contributed by atoms with E-state index in [-0.39, 0.29) is 0 Å². The van der Waals surface area contributed by atoms with Gasteiger partial charge in [-0.15, -0.1) is 0 Å². The van der Waals surface area contributed by atoms with Gasteiger partial charge < -0.3 is 5.32 Å². The first-order valence-electron chi connectivity index (χ1n) is 6.36. The summed E-state index contributed by atoms with van der Waals surface area (Å²) in [4.78, 5) is 8.70. The van der Waals surface area contributed by atoms with Crippen molar-refractivity contribution in [1.29, 1.82) is 0 Å². The van der Waals surface area contributed by atoms with Gasteiger partial charge in [0.1, 0.15) is 5.82 Å². The van der Waals surface area contributed by atoms with Crippen molar-refractivity contribution < 1.29 is 0 Å². The highest BCUT2D eigenvalue weighted by molar-refractivity contribution is 6.31. The summed E-state index contributed by atoms with van der Waals surface area (Å²) in [5, 5.41) is 8.29. The minimum Gasteiger partial charge on any atom is -0.369 e. The minimum absolute atomic E-state index is 0.584. The third kappa shape index (κ3) is 3.23. The third-order valence-corrected chi connectivity index (χ3v) is 3.41. The van der Waals surface area contributed by atoms with Crippen LogP contribution in [-0.2, 0) is 6.54 Å². The highest BCUT2D eigenvalue weighted by Gasteiger charge is 2.09. The highest BCUT2D eigenvalue weighted by Crippen LogP contribution is 2.19. The molecule has 5 nitrogen and oxygen atoms in total. The number of hydrogen-bond acceptors (Lipinski definition) is 4. The lowest BCUT2D eigenvalue weighted by Crippen LogP contribution is -2.08. The molecule has 2 aromatic heterocycles. The summed E-state index contributed by atoms with van der Waals surface area (Å²) >= 11 is 6.12. The Morgan fingerprint density at radius 3 is 2.58 bits per heavy atom. The Kier molecular flexibility index (Phi) is 4.37. The van der Waals surface area contributed by atoms with Crippen LogP contribution in [0.1, 0.15) is 30.4 Å². The molecular formula is C13H18ClN5. The maximum Gasteiger partial charge on any atom is 0.144 e. The van der Waals surface area contributed by atoms with Crippen LogP contribution in [0.5, 0.6) is 0 Å². The largest absolute Gasteiger partial charge is 0.369 e. The van der Waals surface area contributed by atoms with Crippen LogP contribution in [0.25, 0.3) is 0 Å². The normalized spacial score (nSPS) is 10.7.